The van der Waals surface area contributed by atoms with E-state index in [9.17, 15) is 12.8 Å². The molecule has 124 valence electrons. The number of hydrogen-bond acceptors (Lipinski definition) is 3. The van der Waals surface area contributed by atoms with Crippen molar-refractivity contribution < 1.29 is 12.8 Å². The van der Waals surface area contributed by atoms with E-state index in [1.165, 1.54) is 25.0 Å². The minimum absolute atomic E-state index is 0.0269. The Balaban J connectivity index is 1.84. The fraction of sp³-hybridized carbons (Fsp3) is 0.625. The molecule has 1 fully saturated rings. The summed E-state index contributed by atoms with van der Waals surface area (Å²) in [4.78, 5) is 2.41. The van der Waals surface area contributed by atoms with Gasteiger partial charge in [-0.05, 0) is 62.9 Å². The zero-order valence-electron chi connectivity index (χ0n) is 13.3. The first kappa shape index (κ1) is 17.4. The molecule has 0 saturated carbocycles. The van der Waals surface area contributed by atoms with Gasteiger partial charge in [0.05, 0.1) is 4.90 Å². The fourth-order valence-corrected chi connectivity index (χ4v) is 4.27. The average molecular weight is 328 g/mol. The van der Waals surface area contributed by atoms with Gasteiger partial charge >= 0.3 is 0 Å². The van der Waals surface area contributed by atoms with Crippen LogP contribution in [0.1, 0.15) is 31.7 Å². The van der Waals surface area contributed by atoms with Crippen molar-refractivity contribution in [3.05, 3.63) is 29.6 Å². The molecule has 22 heavy (non-hydrogen) atoms. The Hall–Kier alpha value is -0.980. The summed E-state index contributed by atoms with van der Waals surface area (Å²) >= 11 is 0. The molecule has 1 atom stereocenters. The molecule has 0 aliphatic carbocycles. The second kappa shape index (κ2) is 7.53. The van der Waals surface area contributed by atoms with Crippen LogP contribution >= 0.6 is 0 Å². The van der Waals surface area contributed by atoms with E-state index in [-0.39, 0.29) is 4.90 Å². The fourth-order valence-electron chi connectivity index (χ4n) is 2.94. The quantitative estimate of drug-likeness (QED) is 0.817. The molecule has 1 heterocycles. The van der Waals surface area contributed by atoms with Gasteiger partial charge in [0.2, 0.25) is 10.0 Å². The number of rotatable bonds is 6. The van der Waals surface area contributed by atoms with Gasteiger partial charge in [-0.25, -0.2) is 17.5 Å². The van der Waals surface area contributed by atoms with Crippen LogP contribution in [0.15, 0.2) is 23.1 Å². The van der Waals surface area contributed by atoms with Gasteiger partial charge in [0, 0.05) is 13.1 Å². The van der Waals surface area contributed by atoms with E-state index < -0.39 is 15.8 Å². The number of nitrogens with one attached hydrogen (secondary N) is 1. The Morgan fingerprint density at radius 3 is 2.91 bits per heavy atom. The first-order valence-corrected chi connectivity index (χ1v) is 9.35. The summed E-state index contributed by atoms with van der Waals surface area (Å²) in [6.45, 7) is 7.39. The van der Waals surface area contributed by atoms with E-state index in [1.54, 1.807) is 6.92 Å². The molecule has 1 N–H and O–H groups in total. The molecule has 4 nitrogen and oxygen atoms in total. The Labute approximate surface area is 132 Å². The summed E-state index contributed by atoms with van der Waals surface area (Å²) in [5.41, 5.74) is 0.554. The smallest absolute Gasteiger partial charge is 0.240 e. The molecule has 1 aromatic carbocycles. The van der Waals surface area contributed by atoms with Gasteiger partial charge in [-0.2, -0.15) is 0 Å². The number of sulfonamides is 1. The molecule has 6 heteroatoms. The summed E-state index contributed by atoms with van der Waals surface area (Å²) in [7, 11) is -3.64. The van der Waals surface area contributed by atoms with Gasteiger partial charge in [-0.15, -0.1) is 0 Å². The van der Waals surface area contributed by atoms with Gasteiger partial charge in [0.25, 0.3) is 0 Å². The molecule has 1 saturated heterocycles. The summed E-state index contributed by atoms with van der Waals surface area (Å²) in [5, 5.41) is 0. The number of halogens is 1. The third kappa shape index (κ3) is 4.76. The average Bonchev–Trinajstić information content (AvgIpc) is 2.46. The van der Waals surface area contributed by atoms with Crippen LogP contribution < -0.4 is 4.72 Å². The van der Waals surface area contributed by atoms with Crippen LogP contribution in [-0.4, -0.2) is 39.5 Å². The van der Waals surface area contributed by atoms with Crippen LogP contribution in [-0.2, 0) is 10.0 Å². The van der Waals surface area contributed by atoms with E-state index in [1.807, 2.05) is 0 Å². The van der Waals surface area contributed by atoms with E-state index in [0.29, 0.717) is 12.1 Å². The van der Waals surface area contributed by atoms with E-state index in [0.717, 1.165) is 38.0 Å². The molecular weight excluding hydrogens is 303 g/mol. The van der Waals surface area contributed by atoms with Crippen molar-refractivity contribution in [1.82, 2.24) is 9.62 Å². The van der Waals surface area contributed by atoms with Crippen molar-refractivity contribution in [2.75, 3.05) is 26.2 Å². The van der Waals surface area contributed by atoms with Crippen LogP contribution in [0.2, 0.25) is 0 Å². The number of benzene rings is 1. The lowest BCUT2D eigenvalue weighted by Crippen LogP contribution is -2.36. The summed E-state index contributed by atoms with van der Waals surface area (Å²) in [6, 6.07) is 3.83. The zero-order valence-corrected chi connectivity index (χ0v) is 14.1. The highest BCUT2D eigenvalue weighted by molar-refractivity contribution is 7.89. The Morgan fingerprint density at radius 1 is 1.41 bits per heavy atom. The van der Waals surface area contributed by atoms with Gasteiger partial charge < -0.3 is 4.90 Å². The van der Waals surface area contributed by atoms with Crippen LogP contribution in [0.3, 0.4) is 0 Å². The van der Waals surface area contributed by atoms with Crippen molar-refractivity contribution in [2.45, 2.75) is 38.0 Å². The molecule has 0 spiro atoms. The predicted octanol–water partition coefficient (Wildman–Crippen LogP) is 2.53. The number of piperidine rings is 1. The lowest BCUT2D eigenvalue weighted by Gasteiger charge is -2.30. The van der Waals surface area contributed by atoms with Crippen LogP contribution in [0.4, 0.5) is 4.39 Å². The molecule has 1 aromatic rings. The highest BCUT2D eigenvalue weighted by atomic mass is 32.2. The molecular formula is C16H25FN2O2S. The third-order valence-corrected chi connectivity index (χ3v) is 5.73. The predicted molar refractivity (Wildman–Crippen MR) is 85.8 cm³/mol. The van der Waals surface area contributed by atoms with Crippen molar-refractivity contribution in [2.24, 2.45) is 5.92 Å². The Kier molecular flexibility index (Phi) is 5.94. The van der Waals surface area contributed by atoms with E-state index >= 15 is 0 Å². The minimum atomic E-state index is -3.64. The zero-order chi connectivity index (χ0) is 16.2. The van der Waals surface area contributed by atoms with Gasteiger partial charge in [-0.1, -0.05) is 13.0 Å². The van der Waals surface area contributed by atoms with E-state index in [4.69, 9.17) is 0 Å². The molecule has 0 aromatic heterocycles. The number of likely N-dealkylation sites (tertiary alicyclic amines) is 1. The van der Waals surface area contributed by atoms with Crippen molar-refractivity contribution in [3.63, 3.8) is 0 Å². The Bertz CT molecular complexity index is 604. The maximum Gasteiger partial charge on any atom is 0.240 e. The summed E-state index contributed by atoms with van der Waals surface area (Å²) in [6.07, 6.45) is 3.26. The van der Waals surface area contributed by atoms with Gasteiger partial charge in [0.1, 0.15) is 5.82 Å². The first-order valence-electron chi connectivity index (χ1n) is 7.86. The molecule has 0 unspecified atom stereocenters. The second-order valence-electron chi connectivity index (χ2n) is 6.21. The van der Waals surface area contributed by atoms with Crippen LogP contribution in [0.25, 0.3) is 0 Å². The summed E-state index contributed by atoms with van der Waals surface area (Å²) < 4.78 is 40.3. The third-order valence-electron chi connectivity index (χ3n) is 4.12. The molecule has 0 bridgehead atoms. The van der Waals surface area contributed by atoms with E-state index in [2.05, 4.69) is 16.5 Å². The number of aryl methyl sites for hydroxylation is 1. The second-order valence-corrected chi connectivity index (χ2v) is 7.94. The van der Waals surface area contributed by atoms with Gasteiger partial charge in [-0.3, -0.25) is 0 Å². The highest BCUT2D eigenvalue weighted by Crippen LogP contribution is 2.17. The lowest BCUT2D eigenvalue weighted by atomic mass is 10.0. The molecule has 2 rings (SSSR count). The molecule has 0 amide bonds. The topological polar surface area (TPSA) is 49.4 Å². The Morgan fingerprint density at radius 2 is 2.18 bits per heavy atom. The SMILES string of the molecule is Cc1ccc(F)cc1S(=O)(=O)NCCCN1CCC[C@H](C)C1. The van der Waals surface area contributed by atoms with Crippen LogP contribution in [0.5, 0.6) is 0 Å². The molecule has 1 aliphatic rings. The normalized spacial score (nSPS) is 20.2. The summed E-state index contributed by atoms with van der Waals surface area (Å²) in [5.74, 6) is 0.189. The number of nitrogens with zero attached hydrogens (tertiary/aromatic N) is 1. The minimum Gasteiger partial charge on any atom is -0.303 e. The maximum absolute atomic E-state index is 13.2. The van der Waals surface area contributed by atoms with Gasteiger partial charge in [0.15, 0.2) is 0 Å². The largest absolute Gasteiger partial charge is 0.303 e. The highest BCUT2D eigenvalue weighted by Gasteiger charge is 2.18. The monoisotopic (exact) mass is 328 g/mol. The molecule has 1 aliphatic heterocycles. The molecule has 0 radical (unpaired) electrons. The standard InChI is InChI=1S/C16H25FN2O2S/c1-13-5-3-9-19(12-13)10-4-8-18-22(20,21)16-11-15(17)7-6-14(16)2/h6-7,11,13,18H,3-5,8-10,12H2,1-2H3/t13-/m0/s1. The van der Waals surface area contributed by atoms with Crippen molar-refractivity contribution >= 4 is 10.0 Å². The van der Waals surface area contributed by atoms with Crippen molar-refractivity contribution in [1.29, 1.82) is 0 Å². The first-order chi connectivity index (χ1) is 10.4. The van der Waals surface area contributed by atoms with Crippen molar-refractivity contribution in [3.8, 4) is 0 Å². The lowest BCUT2D eigenvalue weighted by molar-refractivity contribution is 0.182. The maximum atomic E-state index is 13.2. The van der Waals surface area contributed by atoms with Crippen LogP contribution in [0, 0.1) is 18.7 Å². The number of hydrogen-bond donors (Lipinski definition) is 1.